The lowest BCUT2D eigenvalue weighted by Crippen LogP contribution is -2.69. The molecule has 0 unspecified atom stereocenters. The van der Waals surface area contributed by atoms with Gasteiger partial charge in [-0.2, -0.15) is 0 Å². The molecule has 0 radical (unpaired) electrons. The summed E-state index contributed by atoms with van der Waals surface area (Å²) in [6.45, 7) is 2.40. The zero-order chi connectivity index (χ0) is 33.6. The van der Waals surface area contributed by atoms with Gasteiger partial charge in [0.25, 0.3) is 0 Å². The van der Waals surface area contributed by atoms with Crippen LogP contribution in [0.25, 0.3) is 0 Å². The predicted molar refractivity (Wildman–Crippen MR) is 162 cm³/mol. The normalized spacial score (nSPS) is 39.2. The van der Waals surface area contributed by atoms with Crippen LogP contribution in [0.15, 0.2) is 64.6 Å². The summed E-state index contributed by atoms with van der Waals surface area (Å²) in [5.41, 5.74) is -4.13. The molecule has 4 N–H and O–H groups in total. The average Bonchev–Trinajstić information content (AvgIpc) is 3.70. The number of aliphatic hydroxyl groups excluding tert-OH is 2. The molecule has 0 amide bonds. The van der Waals surface area contributed by atoms with Crippen molar-refractivity contribution in [2.75, 3.05) is 6.61 Å². The summed E-state index contributed by atoms with van der Waals surface area (Å²) in [5.74, 6) is -1.42. The Morgan fingerprint density at radius 1 is 1.11 bits per heavy atom. The number of allylic oxidation sites excluding steroid dienone is 4. The third-order valence-corrected chi connectivity index (χ3v) is 12.1. The summed E-state index contributed by atoms with van der Waals surface area (Å²) in [4.78, 5) is 45.2. The maximum Gasteiger partial charge on any atom is 0.470 e. The van der Waals surface area contributed by atoms with E-state index in [4.69, 9.17) is 13.9 Å². The summed E-state index contributed by atoms with van der Waals surface area (Å²) in [6, 6.07) is 10.8. The Morgan fingerprint density at radius 2 is 1.83 bits per heavy atom. The van der Waals surface area contributed by atoms with Gasteiger partial charge < -0.3 is 33.9 Å². The molecule has 252 valence electrons. The van der Waals surface area contributed by atoms with Crippen LogP contribution in [0.1, 0.15) is 68.5 Å². The standard InChI is InChI=1S/C34H38FO11P/c1-31-12-11-22(37)14-21(31)7-9-24-25-15-29-34(28(39)18-43-47(40,41)42,32(25,2)16-27(38)33(24,31)35)46-30(45-29)26-10-8-23(44-26)13-19-3-5-20(17-36)6-4-19/h3-6,8,10-12,14,24-25,27,29-30,36,38H,7,9,13,15-18H2,1-2H3,(H2,40,41,42)/t24-,25-,27-,29+,30+,31-,32-,33-,34+/m0/s1. The molecule has 0 spiro atoms. The maximum absolute atomic E-state index is 17.7. The molecule has 4 aliphatic carbocycles. The molecule has 7 rings (SSSR count). The number of aliphatic hydroxyl groups is 2. The number of rotatable bonds is 8. The number of furan rings is 1. The van der Waals surface area contributed by atoms with Gasteiger partial charge in [0.05, 0.1) is 18.8 Å². The van der Waals surface area contributed by atoms with E-state index in [2.05, 4.69) is 4.52 Å². The monoisotopic (exact) mass is 672 g/mol. The summed E-state index contributed by atoms with van der Waals surface area (Å²) in [6.07, 6.45) is 1.78. The minimum atomic E-state index is -5.04. The van der Waals surface area contributed by atoms with E-state index >= 15 is 4.39 Å². The average molecular weight is 673 g/mol. The van der Waals surface area contributed by atoms with Gasteiger partial charge in [-0.25, -0.2) is 8.96 Å². The van der Waals surface area contributed by atoms with Gasteiger partial charge in [-0.3, -0.25) is 14.1 Å². The Kier molecular flexibility index (Phi) is 7.74. The highest BCUT2D eigenvalue weighted by atomic mass is 31.2. The van der Waals surface area contributed by atoms with Crippen LogP contribution >= 0.6 is 7.82 Å². The van der Waals surface area contributed by atoms with Gasteiger partial charge in [0.2, 0.25) is 6.29 Å². The molecule has 2 aromatic rings. The molecule has 11 nitrogen and oxygen atoms in total. The van der Waals surface area contributed by atoms with E-state index in [1.165, 1.54) is 12.2 Å². The first-order valence-corrected chi connectivity index (χ1v) is 17.3. The lowest BCUT2D eigenvalue weighted by atomic mass is 9.44. The zero-order valence-corrected chi connectivity index (χ0v) is 26.9. The fourth-order valence-corrected chi connectivity index (χ4v) is 9.70. The highest BCUT2D eigenvalue weighted by Gasteiger charge is 2.79. The first kappa shape index (κ1) is 32.7. The van der Waals surface area contributed by atoms with Crippen LogP contribution < -0.4 is 0 Å². The molecule has 1 aromatic carbocycles. The molecule has 3 saturated carbocycles. The molecular weight excluding hydrogens is 634 g/mol. The lowest BCUT2D eigenvalue weighted by Gasteiger charge is -2.62. The molecule has 2 heterocycles. The molecule has 9 atom stereocenters. The van der Waals surface area contributed by atoms with Crippen LogP contribution in [0.2, 0.25) is 0 Å². The number of ether oxygens (including phenoxy) is 2. The largest absolute Gasteiger partial charge is 0.470 e. The van der Waals surface area contributed by atoms with Crippen LogP contribution in [-0.2, 0) is 41.2 Å². The Bertz CT molecular complexity index is 1710. The topological polar surface area (TPSA) is 173 Å². The summed E-state index contributed by atoms with van der Waals surface area (Å²) >= 11 is 0. The van der Waals surface area contributed by atoms with Gasteiger partial charge in [-0.1, -0.05) is 42.8 Å². The minimum Gasteiger partial charge on any atom is -0.460 e. The third kappa shape index (κ3) is 4.83. The van der Waals surface area contributed by atoms with Crippen molar-refractivity contribution in [3.8, 4) is 0 Å². The Hall–Kier alpha value is -2.80. The zero-order valence-electron chi connectivity index (χ0n) is 26.0. The number of hydrogen-bond acceptors (Lipinski definition) is 9. The van der Waals surface area contributed by atoms with Crippen molar-refractivity contribution >= 4 is 19.4 Å². The van der Waals surface area contributed by atoms with E-state index in [0.717, 1.165) is 11.1 Å². The van der Waals surface area contributed by atoms with E-state index in [1.807, 2.05) is 24.3 Å². The van der Waals surface area contributed by atoms with E-state index in [0.29, 0.717) is 30.6 Å². The number of carbonyl (C=O) groups excluding carboxylic acids is 2. The van der Waals surface area contributed by atoms with Crippen molar-refractivity contribution in [1.29, 1.82) is 0 Å². The molecule has 47 heavy (non-hydrogen) atoms. The second-order valence-electron chi connectivity index (χ2n) is 14.0. The van der Waals surface area contributed by atoms with Crippen molar-refractivity contribution in [2.45, 2.75) is 82.3 Å². The second-order valence-corrected chi connectivity index (χ2v) is 15.2. The van der Waals surface area contributed by atoms with Crippen LogP contribution in [0.4, 0.5) is 4.39 Å². The molecule has 0 bridgehead atoms. The first-order valence-electron chi connectivity index (χ1n) is 15.8. The fraction of sp³-hybridized carbons (Fsp3) is 0.529. The number of phosphoric acid groups is 1. The van der Waals surface area contributed by atoms with E-state index in [1.54, 1.807) is 32.1 Å². The number of ketones is 2. The number of phosphoric ester groups is 1. The van der Waals surface area contributed by atoms with E-state index in [9.17, 15) is 34.2 Å². The summed E-state index contributed by atoms with van der Waals surface area (Å²) < 4.78 is 53.0. The Balaban J connectivity index is 1.22. The fourth-order valence-electron chi connectivity index (χ4n) is 9.41. The van der Waals surface area contributed by atoms with Gasteiger partial charge in [0, 0.05) is 23.2 Å². The van der Waals surface area contributed by atoms with Crippen molar-refractivity contribution in [3.63, 3.8) is 0 Å². The SMILES string of the molecule is C[C@]12C=CC(=O)C=C1CC[C@H]1[C@@H]3C[C@H]4O[C@@H](c5ccc(Cc6ccc(CO)cc6)o5)O[C@@]4(C(=O)COP(=O)(O)O)[C@@]3(C)C[C@H](O)[C@@]12F. The van der Waals surface area contributed by atoms with Crippen molar-refractivity contribution in [3.05, 3.63) is 82.8 Å². The maximum atomic E-state index is 17.7. The molecule has 1 saturated heterocycles. The first-order chi connectivity index (χ1) is 22.1. The quantitative estimate of drug-likeness (QED) is 0.297. The van der Waals surface area contributed by atoms with Gasteiger partial charge in [0.1, 0.15) is 12.4 Å². The van der Waals surface area contributed by atoms with Crippen LogP contribution in [-0.4, -0.2) is 61.7 Å². The minimum absolute atomic E-state index is 0.0678. The molecule has 4 fully saturated rings. The predicted octanol–water partition coefficient (Wildman–Crippen LogP) is 4.17. The van der Waals surface area contributed by atoms with Gasteiger partial charge in [-0.15, -0.1) is 0 Å². The van der Waals surface area contributed by atoms with Crippen LogP contribution in [0.3, 0.4) is 0 Å². The van der Waals surface area contributed by atoms with E-state index < -0.39 is 72.6 Å². The number of halogens is 1. The molecule has 13 heteroatoms. The summed E-state index contributed by atoms with van der Waals surface area (Å²) in [7, 11) is -5.04. The number of hydrogen-bond donors (Lipinski definition) is 4. The highest BCUT2D eigenvalue weighted by molar-refractivity contribution is 7.46. The second kappa shape index (κ2) is 11.1. The van der Waals surface area contributed by atoms with Crippen LogP contribution in [0, 0.1) is 22.7 Å². The number of Topliss-reactive ketones (excluding diaryl/α,β-unsaturated/α-hetero) is 1. The molecule has 5 aliphatic rings. The molecule has 1 aromatic heterocycles. The number of alkyl halides is 1. The highest BCUT2D eigenvalue weighted by Crippen LogP contribution is 2.72. The number of fused-ring (bicyclic) bond motifs is 7. The number of benzene rings is 1. The van der Waals surface area contributed by atoms with Gasteiger partial charge in [-0.05, 0) is 73.9 Å². The van der Waals surface area contributed by atoms with Gasteiger partial charge in [0.15, 0.2) is 28.6 Å². The Morgan fingerprint density at radius 3 is 2.53 bits per heavy atom. The summed E-state index contributed by atoms with van der Waals surface area (Å²) in [5, 5.41) is 21.1. The van der Waals surface area contributed by atoms with Gasteiger partial charge >= 0.3 is 7.82 Å². The number of carbonyl (C=O) groups is 2. The van der Waals surface area contributed by atoms with Crippen molar-refractivity contribution in [2.24, 2.45) is 22.7 Å². The molecule has 1 aliphatic heterocycles. The third-order valence-electron chi connectivity index (χ3n) is 11.7. The smallest absolute Gasteiger partial charge is 0.460 e. The van der Waals surface area contributed by atoms with Crippen molar-refractivity contribution < 1.29 is 57.0 Å². The molecular formula is C34H38FO11P. The lowest BCUT2D eigenvalue weighted by molar-refractivity contribution is -0.232. The van der Waals surface area contributed by atoms with E-state index in [-0.39, 0.29) is 31.0 Å². The van der Waals surface area contributed by atoms with Crippen molar-refractivity contribution in [1.82, 2.24) is 0 Å². The van der Waals surface area contributed by atoms with Crippen LogP contribution in [0.5, 0.6) is 0 Å². The Labute approximate surface area is 270 Å².